The number of rotatable bonds is 5. The number of nitrogens with one attached hydrogen (secondary N) is 2. The number of hydrogen-bond donors (Lipinski definition) is 2. The van der Waals surface area contributed by atoms with E-state index in [2.05, 4.69) is 20.7 Å². The first kappa shape index (κ1) is 13.7. The number of H-pyrrole nitrogens is 1. The molecule has 0 unspecified atom stereocenters. The maximum Gasteiger partial charge on any atom is 0.253 e. The molecule has 0 aliphatic carbocycles. The summed E-state index contributed by atoms with van der Waals surface area (Å²) in [5, 5.41) is 13.9. The highest BCUT2D eigenvalue weighted by atomic mass is 32.2. The van der Waals surface area contributed by atoms with Gasteiger partial charge in [0.25, 0.3) is 5.91 Å². The van der Waals surface area contributed by atoms with E-state index in [9.17, 15) is 4.79 Å². The van der Waals surface area contributed by atoms with Crippen LogP contribution in [0.1, 0.15) is 21.7 Å². The molecule has 0 atom stereocenters. The fraction of sp³-hybridized carbons (Fsp3) is 0.417. The first-order valence-electron chi connectivity index (χ1n) is 5.99. The Morgan fingerprint density at radius 1 is 1.53 bits per heavy atom. The van der Waals surface area contributed by atoms with Crippen molar-refractivity contribution in [3.63, 3.8) is 0 Å². The monoisotopic (exact) mass is 279 g/mol. The Morgan fingerprint density at radius 3 is 2.89 bits per heavy atom. The van der Waals surface area contributed by atoms with Crippen molar-refractivity contribution in [1.29, 1.82) is 0 Å². The van der Waals surface area contributed by atoms with E-state index in [1.54, 1.807) is 18.0 Å². The second-order valence-corrected chi connectivity index (χ2v) is 5.37. The molecule has 7 heteroatoms. The molecule has 0 fully saturated rings. The lowest BCUT2D eigenvalue weighted by Gasteiger charge is -2.04. The highest BCUT2D eigenvalue weighted by Gasteiger charge is 2.13. The van der Waals surface area contributed by atoms with Crippen molar-refractivity contribution >= 4 is 17.7 Å². The van der Waals surface area contributed by atoms with Crippen LogP contribution >= 0.6 is 11.8 Å². The van der Waals surface area contributed by atoms with Gasteiger partial charge >= 0.3 is 0 Å². The summed E-state index contributed by atoms with van der Waals surface area (Å²) in [6.45, 7) is 4.54. The summed E-state index contributed by atoms with van der Waals surface area (Å²) in [4.78, 5) is 12.0. The lowest BCUT2D eigenvalue weighted by molar-refractivity contribution is 0.0955. The summed E-state index contributed by atoms with van der Waals surface area (Å²) >= 11 is 1.55. The maximum atomic E-state index is 12.0. The second kappa shape index (κ2) is 5.92. The van der Waals surface area contributed by atoms with Crippen LogP contribution in [0.5, 0.6) is 0 Å². The summed E-state index contributed by atoms with van der Waals surface area (Å²) < 4.78 is 2.01. The average molecular weight is 279 g/mol. The van der Waals surface area contributed by atoms with E-state index in [1.807, 2.05) is 31.5 Å². The number of carbonyl (C=O) groups excluding carboxylic acids is 1. The SMILES string of the molecule is Cc1cc(C(=O)NCCSc2cn[nH]n2)c(C)n1C. The van der Waals surface area contributed by atoms with Crippen LogP contribution in [0.2, 0.25) is 0 Å². The number of aryl methyl sites for hydroxylation is 1. The zero-order chi connectivity index (χ0) is 13.8. The Bertz CT molecular complexity index is 561. The van der Waals surface area contributed by atoms with Gasteiger partial charge in [-0.1, -0.05) is 0 Å². The van der Waals surface area contributed by atoms with Crippen molar-refractivity contribution in [3.05, 3.63) is 29.2 Å². The summed E-state index contributed by atoms with van der Waals surface area (Å²) in [5.74, 6) is 0.741. The first-order valence-corrected chi connectivity index (χ1v) is 6.98. The molecule has 0 saturated heterocycles. The largest absolute Gasteiger partial charge is 0.351 e. The molecule has 0 radical (unpaired) electrons. The van der Waals surface area contributed by atoms with Gasteiger partial charge in [0.1, 0.15) is 5.03 Å². The Kier molecular flexibility index (Phi) is 4.26. The lowest BCUT2D eigenvalue weighted by atomic mass is 10.2. The topological polar surface area (TPSA) is 75.6 Å². The third-order valence-electron chi connectivity index (χ3n) is 3.05. The normalized spacial score (nSPS) is 10.7. The summed E-state index contributed by atoms with van der Waals surface area (Å²) in [6.07, 6.45) is 1.66. The van der Waals surface area contributed by atoms with Crippen LogP contribution in [0.25, 0.3) is 0 Å². The molecule has 0 aliphatic heterocycles. The molecule has 2 aromatic rings. The van der Waals surface area contributed by atoms with Crippen LogP contribution in [-0.2, 0) is 7.05 Å². The number of aromatic nitrogens is 4. The molecule has 2 rings (SSSR count). The quantitative estimate of drug-likeness (QED) is 0.638. The van der Waals surface area contributed by atoms with Crippen molar-refractivity contribution in [3.8, 4) is 0 Å². The molecule has 102 valence electrons. The van der Waals surface area contributed by atoms with Crippen LogP contribution in [0.4, 0.5) is 0 Å². The predicted octanol–water partition coefficient (Wildman–Crippen LogP) is 1.28. The van der Waals surface area contributed by atoms with E-state index in [-0.39, 0.29) is 5.91 Å². The number of nitrogens with zero attached hydrogens (tertiary/aromatic N) is 3. The van der Waals surface area contributed by atoms with Crippen molar-refractivity contribution < 1.29 is 4.79 Å². The minimum atomic E-state index is -0.0260. The third-order valence-corrected chi connectivity index (χ3v) is 3.95. The van der Waals surface area contributed by atoms with Gasteiger partial charge in [-0.2, -0.15) is 10.3 Å². The predicted molar refractivity (Wildman–Crippen MR) is 74.3 cm³/mol. The lowest BCUT2D eigenvalue weighted by Crippen LogP contribution is -2.26. The summed E-state index contributed by atoms with van der Waals surface area (Å²) in [5.41, 5.74) is 2.81. The van der Waals surface area contributed by atoms with Gasteiger partial charge in [-0.15, -0.1) is 16.9 Å². The number of thioether (sulfide) groups is 1. The van der Waals surface area contributed by atoms with Crippen molar-refractivity contribution in [2.75, 3.05) is 12.3 Å². The average Bonchev–Trinajstić information content (AvgIpc) is 2.99. The van der Waals surface area contributed by atoms with E-state index < -0.39 is 0 Å². The zero-order valence-electron chi connectivity index (χ0n) is 11.2. The van der Waals surface area contributed by atoms with E-state index in [0.29, 0.717) is 6.54 Å². The number of aromatic amines is 1. The smallest absolute Gasteiger partial charge is 0.253 e. The standard InChI is InChI=1S/C12H17N5OS/c1-8-6-10(9(2)17(8)3)12(18)13-4-5-19-11-7-14-16-15-11/h6-7H,4-5H2,1-3H3,(H,13,18)(H,14,15,16). The highest BCUT2D eigenvalue weighted by molar-refractivity contribution is 7.99. The fourth-order valence-corrected chi connectivity index (χ4v) is 2.41. The second-order valence-electron chi connectivity index (χ2n) is 4.26. The summed E-state index contributed by atoms with van der Waals surface area (Å²) in [7, 11) is 1.96. The Hall–Kier alpha value is -1.76. The zero-order valence-corrected chi connectivity index (χ0v) is 12.0. The molecular formula is C12H17N5OS. The van der Waals surface area contributed by atoms with Gasteiger partial charge in [-0.25, -0.2) is 0 Å². The van der Waals surface area contributed by atoms with Crippen LogP contribution in [0, 0.1) is 13.8 Å². The van der Waals surface area contributed by atoms with Crippen molar-refractivity contribution in [2.24, 2.45) is 7.05 Å². The minimum Gasteiger partial charge on any atom is -0.351 e. The van der Waals surface area contributed by atoms with Gasteiger partial charge in [0.2, 0.25) is 0 Å². The Morgan fingerprint density at radius 2 is 2.32 bits per heavy atom. The molecule has 1 amide bonds. The van der Waals surface area contributed by atoms with Gasteiger partial charge in [-0.3, -0.25) is 4.79 Å². The molecule has 2 heterocycles. The van der Waals surface area contributed by atoms with E-state index in [0.717, 1.165) is 27.7 Å². The van der Waals surface area contributed by atoms with Gasteiger partial charge < -0.3 is 9.88 Å². The van der Waals surface area contributed by atoms with Crippen molar-refractivity contribution in [1.82, 2.24) is 25.3 Å². The molecule has 19 heavy (non-hydrogen) atoms. The van der Waals surface area contributed by atoms with Gasteiger partial charge in [-0.05, 0) is 19.9 Å². The van der Waals surface area contributed by atoms with Gasteiger partial charge in [0.05, 0.1) is 11.8 Å². The molecule has 2 aromatic heterocycles. The number of carbonyl (C=O) groups is 1. The number of hydrogen-bond acceptors (Lipinski definition) is 4. The van der Waals surface area contributed by atoms with Gasteiger partial charge in [0.15, 0.2) is 0 Å². The van der Waals surface area contributed by atoms with Crippen LogP contribution in [0.15, 0.2) is 17.3 Å². The first-order chi connectivity index (χ1) is 9.09. The Labute approximate surface area is 116 Å². The van der Waals surface area contributed by atoms with Crippen LogP contribution < -0.4 is 5.32 Å². The van der Waals surface area contributed by atoms with E-state index in [4.69, 9.17) is 0 Å². The molecule has 0 spiro atoms. The van der Waals surface area contributed by atoms with E-state index in [1.165, 1.54) is 0 Å². The highest BCUT2D eigenvalue weighted by Crippen LogP contribution is 2.14. The maximum absolute atomic E-state index is 12.0. The fourth-order valence-electron chi connectivity index (χ4n) is 1.76. The third kappa shape index (κ3) is 3.17. The van der Waals surface area contributed by atoms with Crippen LogP contribution in [0.3, 0.4) is 0 Å². The molecule has 0 aliphatic rings. The van der Waals surface area contributed by atoms with E-state index >= 15 is 0 Å². The summed E-state index contributed by atoms with van der Waals surface area (Å²) in [6, 6.07) is 1.91. The molecule has 2 N–H and O–H groups in total. The van der Waals surface area contributed by atoms with Gasteiger partial charge in [0, 0.05) is 30.7 Å². The molecule has 6 nitrogen and oxygen atoms in total. The minimum absolute atomic E-state index is 0.0260. The Balaban J connectivity index is 1.82. The molecule has 0 aromatic carbocycles. The molecular weight excluding hydrogens is 262 g/mol. The molecule has 0 bridgehead atoms. The van der Waals surface area contributed by atoms with Crippen LogP contribution in [-0.4, -0.2) is 38.2 Å². The van der Waals surface area contributed by atoms with Crippen molar-refractivity contribution in [2.45, 2.75) is 18.9 Å². The number of amides is 1. The molecule has 0 saturated carbocycles.